The van der Waals surface area contributed by atoms with Crippen molar-refractivity contribution in [2.75, 3.05) is 43.9 Å². The molecule has 0 bridgehead atoms. The molecule has 8 nitrogen and oxygen atoms in total. The van der Waals surface area contributed by atoms with E-state index in [1.807, 2.05) is 21.7 Å². The van der Waals surface area contributed by atoms with Crippen molar-refractivity contribution < 1.29 is 9.59 Å². The van der Waals surface area contributed by atoms with Gasteiger partial charge in [-0.1, -0.05) is 23.7 Å². The van der Waals surface area contributed by atoms with Gasteiger partial charge >= 0.3 is 6.03 Å². The van der Waals surface area contributed by atoms with Crippen LogP contribution in [0.3, 0.4) is 0 Å². The fourth-order valence-electron chi connectivity index (χ4n) is 4.49. The molecule has 1 unspecified atom stereocenters. The van der Waals surface area contributed by atoms with Crippen LogP contribution in [0.2, 0.25) is 5.02 Å². The molecule has 2 aliphatic rings. The van der Waals surface area contributed by atoms with E-state index in [0.29, 0.717) is 16.5 Å². The van der Waals surface area contributed by atoms with Gasteiger partial charge in [0.25, 0.3) is 0 Å². The molecule has 2 saturated heterocycles. The van der Waals surface area contributed by atoms with Crippen molar-refractivity contribution in [1.82, 2.24) is 19.6 Å². The molecule has 1 aromatic heterocycles. The highest BCUT2D eigenvalue weighted by Crippen LogP contribution is 2.28. The van der Waals surface area contributed by atoms with Gasteiger partial charge in [-0.25, -0.2) is 9.48 Å². The first kappa shape index (κ1) is 21.6. The predicted octanol–water partition coefficient (Wildman–Crippen LogP) is 3.69. The first-order valence-electron chi connectivity index (χ1n) is 10.8. The fourth-order valence-corrected chi connectivity index (χ4v) is 4.68. The van der Waals surface area contributed by atoms with Crippen LogP contribution in [0.25, 0.3) is 0 Å². The third-order valence-electron chi connectivity index (χ3n) is 6.13. The van der Waals surface area contributed by atoms with Gasteiger partial charge in [0.05, 0.1) is 28.9 Å². The van der Waals surface area contributed by atoms with Crippen LogP contribution in [0, 0.1) is 5.92 Å². The van der Waals surface area contributed by atoms with Crippen LogP contribution < -0.4 is 10.6 Å². The van der Waals surface area contributed by atoms with Crippen molar-refractivity contribution in [3.05, 3.63) is 41.6 Å². The summed E-state index contributed by atoms with van der Waals surface area (Å²) < 4.78 is 1.85. The number of halogens is 1. The zero-order chi connectivity index (χ0) is 21.8. The predicted molar refractivity (Wildman–Crippen MR) is 121 cm³/mol. The monoisotopic (exact) mass is 444 g/mol. The topological polar surface area (TPSA) is 82.5 Å². The number of anilines is 2. The Morgan fingerprint density at radius 2 is 1.84 bits per heavy atom. The summed E-state index contributed by atoms with van der Waals surface area (Å²) >= 11 is 6.11. The van der Waals surface area contributed by atoms with E-state index in [4.69, 9.17) is 11.6 Å². The summed E-state index contributed by atoms with van der Waals surface area (Å²) in [5.74, 6) is 1.02. The summed E-state index contributed by atoms with van der Waals surface area (Å²) in [7, 11) is 2.08. The molecule has 3 heterocycles. The summed E-state index contributed by atoms with van der Waals surface area (Å²) in [6.45, 7) is 3.36. The average molecular weight is 445 g/mol. The molecule has 3 amide bonds. The van der Waals surface area contributed by atoms with E-state index in [1.165, 1.54) is 0 Å². The van der Waals surface area contributed by atoms with Crippen molar-refractivity contribution in [3.63, 3.8) is 0 Å². The lowest BCUT2D eigenvalue weighted by molar-refractivity contribution is -0.138. The lowest BCUT2D eigenvalue weighted by Gasteiger charge is -2.37. The van der Waals surface area contributed by atoms with E-state index in [-0.39, 0.29) is 23.9 Å². The number of likely N-dealkylation sites (tertiary alicyclic amines) is 2. The molecule has 0 spiro atoms. The van der Waals surface area contributed by atoms with Crippen LogP contribution in [0.15, 0.2) is 36.5 Å². The van der Waals surface area contributed by atoms with Crippen LogP contribution in [0.4, 0.5) is 16.3 Å². The minimum atomic E-state index is -0.371. The Morgan fingerprint density at radius 3 is 2.58 bits per heavy atom. The summed E-state index contributed by atoms with van der Waals surface area (Å²) in [6, 6.07) is 8.64. The zero-order valence-electron chi connectivity index (χ0n) is 17.8. The van der Waals surface area contributed by atoms with Crippen LogP contribution in [-0.2, 0) is 4.79 Å². The molecule has 9 heteroatoms. The second-order valence-electron chi connectivity index (χ2n) is 8.38. The van der Waals surface area contributed by atoms with Crippen LogP contribution in [-0.4, -0.2) is 64.7 Å². The van der Waals surface area contributed by atoms with E-state index in [0.717, 1.165) is 51.9 Å². The highest BCUT2D eigenvalue weighted by atomic mass is 35.5. The van der Waals surface area contributed by atoms with Gasteiger partial charge in [-0.15, -0.1) is 0 Å². The number of amides is 3. The molecule has 0 saturated carbocycles. The van der Waals surface area contributed by atoms with Gasteiger partial charge < -0.3 is 15.1 Å². The standard InChI is InChI=1S/C22H29ClN6O2/c1-27-12-4-5-16(15-27)21(30)28-13-9-17(10-14-28)29-20(8-11-24-29)26-22(31)25-19-7-3-2-6-18(19)23/h2-3,6-8,11,16-17H,4-5,9-10,12-15H2,1H3,(H2,25,26,31). The number of carbonyl (C=O) groups excluding carboxylic acids is 2. The molecule has 2 aliphatic heterocycles. The molecule has 2 aromatic rings. The van der Waals surface area contributed by atoms with Crippen molar-refractivity contribution in [2.45, 2.75) is 31.7 Å². The molecule has 0 aliphatic carbocycles. The molecule has 2 N–H and O–H groups in total. The Kier molecular flexibility index (Phi) is 6.77. The van der Waals surface area contributed by atoms with Gasteiger partial charge in [-0.3, -0.25) is 10.1 Å². The third kappa shape index (κ3) is 5.19. The fraction of sp³-hybridized carbons (Fsp3) is 0.500. The maximum atomic E-state index is 12.9. The Morgan fingerprint density at radius 1 is 1.06 bits per heavy atom. The number of urea groups is 1. The quantitative estimate of drug-likeness (QED) is 0.753. The molecule has 4 rings (SSSR count). The molecule has 1 atom stereocenters. The number of carbonyl (C=O) groups is 2. The Labute approximate surface area is 187 Å². The van der Waals surface area contributed by atoms with Crippen molar-refractivity contribution in [1.29, 1.82) is 0 Å². The van der Waals surface area contributed by atoms with E-state index in [1.54, 1.807) is 24.4 Å². The zero-order valence-corrected chi connectivity index (χ0v) is 18.5. The minimum Gasteiger partial charge on any atom is -0.342 e. The number of hydrogen-bond donors (Lipinski definition) is 2. The highest BCUT2D eigenvalue weighted by molar-refractivity contribution is 6.33. The van der Waals surface area contributed by atoms with Crippen molar-refractivity contribution in [2.24, 2.45) is 5.92 Å². The average Bonchev–Trinajstić information content (AvgIpc) is 3.23. The van der Waals surface area contributed by atoms with Crippen LogP contribution in [0.1, 0.15) is 31.7 Å². The van der Waals surface area contributed by atoms with Gasteiger partial charge in [-0.05, 0) is 51.4 Å². The van der Waals surface area contributed by atoms with Crippen molar-refractivity contribution in [3.8, 4) is 0 Å². The van der Waals surface area contributed by atoms with Gasteiger partial charge in [0.1, 0.15) is 5.82 Å². The van der Waals surface area contributed by atoms with Gasteiger partial charge in [0.2, 0.25) is 5.91 Å². The van der Waals surface area contributed by atoms with Gasteiger partial charge in [-0.2, -0.15) is 5.10 Å². The van der Waals surface area contributed by atoms with E-state index in [2.05, 4.69) is 27.7 Å². The number of benzene rings is 1. The summed E-state index contributed by atoms with van der Waals surface area (Å²) in [6.07, 6.45) is 5.38. The summed E-state index contributed by atoms with van der Waals surface area (Å²) in [5.41, 5.74) is 0.549. The van der Waals surface area contributed by atoms with Gasteiger partial charge in [0.15, 0.2) is 0 Å². The molecular weight excluding hydrogens is 416 g/mol. The van der Waals surface area contributed by atoms with E-state index < -0.39 is 0 Å². The number of piperidine rings is 2. The SMILES string of the molecule is CN1CCCC(C(=O)N2CCC(n3nccc3NC(=O)Nc3ccccc3Cl)CC2)C1. The smallest absolute Gasteiger partial charge is 0.324 e. The molecule has 0 radical (unpaired) electrons. The van der Waals surface area contributed by atoms with Crippen molar-refractivity contribution >= 4 is 35.0 Å². The maximum absolute atomic E-state index is 12.9. The number of aromatic nitrogens is 2. The number of rotatable bonds is 4. The largest absolute Gasteiger partial charge is 0.342 e. The minimum absolute atomic E-state index is 0.116. The highest BCUT2D eigenvalue weighted by Gasteiger charge is 2.31. The number of hydrogen-bond acceptors (Lipinski definition) is 4. The lowest BCUT2D eigenvalue weighted by atomic mass is 9.95. The van der Waals surface area contributed by atoms with E-state index in [9.17, 15) is 9.59 Å². The summed E-state index contributed by atoms with van der Waals surface area (Å²) in [4.78, 5) is 29.6. The number of para-hydroxylation sites is 1. The lowest BCUT2D eigenvalue weighted by Crippen LogP contribution is -2.46. The normalized spacial score (nSPS) is 20.5. The second kappa shape index (κ2) is 9.70. The molecule has 1 aromatic carbocycles. The maximum Gasteiger partial charge on any atom is 0.324 e. The first-order valence-corrected chi connectivity index (χ1v) is 11.2. The first-order chi connectivity index (χ1) is 15.0. The Balaban J connectivity index is 1.33. The van der Waals surface area contributed by atoms with Crippen LogP contribution >= 0.6 is 11.6 Å². The Bertz CT molecular complexity index is 924. The van der Waals surface area contributed by atoms with Crippen LogP contribution in [0.5, 0.6) is 0 Å². The second-order valence-corrected chi connectivity index (χ2v) is 8.79. The van der Waals surface area contributed by atoms with Gasteiger partial charge in [0, 0.05) is 25.7 Å². The number of nitrogens with zero attached hydrogens (tertiary/aromatic N) is 4. The number of nitrogens with one attached hydrogen (secondary N) is 2. The third-order valence-corrected chi connectivity index (χ3v) is 6.46. The summed E-state index contributed by atoms with van der Waals surface area (Å²) in [5, 5.41) is 10.5. The molecule has 31 heavy (non-hydrogen) atoms. The molecule has 166 valence electrons. The van der Waals surface area contributed by atoms with E-state index >= 15 is 0 Å². The molecule has 2 fully saturated rings. The Hall–Kier alpha value is -2.58. The molecular formula is C22H29ClN6O2.